The van der Waals surface area contributed by atoms with Crippen molar-refractivity contribution in [2.75, 3.05) is 178 Å². The number of hydrogen-bond acceptors (Lipinski definition) is 15. The monoisotopic (exact) mass is 699 g/mol. The Bertz CT molecular complexity index is 727. The first kappa shape index (κ1) is 46.0. The van der Waals surface area contributed by atoms with E-state index in [4.69, 9.17) is 68.4 Å². The number of nitrogens with one attached hydrogen (secondary N) is 1. The Morgan fingerprint density at radius 2 is 0.688 bits per heavy atom. The summed E-state index contributed by atoms with van der Waals surface area (Å²) in [7, 11) is 0. The minimum absolute atomic E-state index is 0.298. The number of ether oxygens (including phenoxy) is 13. The van der Waals surface area contributed by atoms with Gasteiger partial charge in [-0.1, -0.05) is 5.92 Å². The molecule has 0 aromatic rings. The van der Waals surface area contributed by atoms with Gasteiger partial charge in [0, 0.05) is 6.54 Å². The van der Waals surface area contributed by atoms with Gasteiger partial charge < -0.3 is 72.0 Å². The van der Waals surface area contributed by atoms with Gasteiger partial charge in [0.2, 0.25) is 5.91 Å². The van der Waals surface area contributed by atoms with Gasteiger partial charge in [-0.25, -0.2) is 4.79 Å². The minimum Gasteiger partial charge on any atom is -0.480 e. The van der Waals surface area contributed by atoms with E-state index in [0.717, 1.165) is 0 Å². The van der Waals surface area contributed by atoms with E-state index < -0.39 is 18.5 Å². The standard InChI is InChI=1S/C31H57NO16/c1-2-4-36-6-8-38-10-12-40-14-16-42-18-20-44-22-24-46-26-27-47-25-23-45-21-19-43-17-15-41-13-11-39-9-7-37-5-3-32-30(33)28-48-29-31(34)35/h1H,3-29H2,(H,32,33)(H,34,35). The molecule has 48 heavy (non-hydrogen) atoms. The van der Waals surface area contributed by atoms with Gasteiger partial charge in [0.25, 0.3) is 0 Å². The van der Waals surface area contributed by atoms with Gasteiger partial charge in [0.15, 0.2) is 0 Å². The molecule has 17 nitrogen and oxygen atoms in total. The Labute approximate surface area is 284 Å². The molecule has 0 unspecified atom stereocenters. The number of aliphatic carboxylic acids is 1. The van der Waals surface area contributed by atoms with Crippen LogP contribution in [0.3, 0.4) is 0 Å². The number of carboxylic acid groups (broad SMARTS) is 1. The lowest BCUT2D eigenvalue weighted by atomic mass is 10.6. The Morgan fingerprint density at radius 3 is 0.958 bits per heavy atom. The van der Waals surface area contributed by atoms with E-state index in [-0.39, 0.29) is 6.61 Å². The van der Waals surface area contributed by atoms with Crippen LogP contribution >= 0.6 is 0 Å². The van der Waals surface area contributed by atoms with Crippen molar-refractivity contribution in [3.63, 3.8) is 0 Å². The van der Waals surface area contributed by atoms with E-state index in [1.54, 1.807) is 0 Å². The Kier molecular flexibility index (Phi) is 39.4. The second kappa shape index (κ2) is 41.2. The summed E-state index contributed by atoms with van der Waals surface area (Å²) in [6.45, 7) is 10.5. The Morgan fingerprint density at radius 1 is 0.417 bits per heavy atom. The lowest BCUT2D eigenvalue weighted by molar-refractivity contribution is -0.143. The molecule has 0 aliphatic carbocycles. The van der Waals surface area contributed by atoms with Crippen molar-refractivity contribution in [2.24, 2.45) is 0 Å². The average molecular weight is 700 g/mol. The van der Waals surface area contributed by atoms with Crippen LogP contribution in [0.2, 0.25) is 0 Å². The number of rotatable bonds is 41. The molecular weight excluding hydrogens is 642 g/mol. The molecule has 0 aliphatic heterocycles. The van der Waals surface area contributed by atoms with Gasteiger partial charge >= 0.3 is 5.97 Å². The van der Waals surface area contributed by atoms with Crippen molar-refractivity contribution in [1.82, 2.24) is 5.32 Å². The average Bonchev–Trinajstić information content (AvgIpc) is 3.07. The molecule has 0 spiro atoms. The second-order valence-electron chi connectivity index (χ2n) is 9.23. The first-order valence-corrected chi connectivity index (χ1v) is 16.1. The minimum atomic E-state index is -1.13. The summed E-state index contributed by atoms with van der Waals surface area (Å²) in [5.74, 6) is 0.866. The van der Waals surface area contributed by atoms with E-state index in [0.29, 0.717) is 165 Å². The van der Waals surface area contributed by atoms with Crippen LogP contribution in [0, 0.1) is 12.3 Å². The Balaban J connectivity index is 3.09. The highest BCUT2D eigenvalue weighted by Crippen LogP contribution is 1.87. The van der Waals surface area contributed by atoms with E-state index >= 15 is 0 Å². The van der Waals surface area contributed by atoms with Crippen molar-refractivity contribution < 1.29 is 76.3 Å². The van der Waals surface area contributed by atoms with Crippen LogP contribution in [-0.2, 0) is 71.2 Å². The summed E-state index contributed by atoms with van der Waals surface area (Å²) in [4.78, 5) is 21.6. The van der Waals surface area contributed by atoms with Crippen molar-refractivity contribution in [3.8, 4) is 12.3 Å². The fraction of sp³-hybridized carbons (Fsp3) is 0.871. The molecule has 0 atom stereocenters. The highest BCUT2D eigenvalue weighted by Gasteiger charge is 2.03. The van der Waals surface area contributed by atoms with Crippen LogP contribution in [0.15, 0.2) is 0 Å². The van der Waals surface area contributed by atoms with Gasteiger partial charge in [-0.3, -0.25) is 4.79 Å². The fourth-order valence-corrected chi connectivity index (χ4v) is 3.09. The zero-order valence-electron chi connectivity index (χ0n) is 28.2. The molecule has 0 rings (SSSR count). The molecule has 282 valence electrons. The molecule has 0 aliphatic rings. The fourth-order valence-electron chi connectivity index (χ4n) is 3.09. The van der Waals surface area contributed by atoms with E-state index in [1.165, 1.54) is 0 Å². The summed E-state index contributed by atoms with van der Waals surface area (Å²) in [5, 5.41) is 11.0. The molecule has 0 aromatic carbocycles. The normalized spacial score (nSPS) is 11.1. The lowest BCUT2D eigenvalue weighted by Crippen LogP contribution is -2.31. The maximum Gasteiger partial charge on any atom is 0.329 e. The number of carbonyl (C=O) groups is 2. The van der Waals surface area contributed by atoms with Gasteiger partial charge in [0.1, 0.15) is 19.8 Å². The smallest absolute Gasteiger partial charge is 0.329 e. The third-order valence-electron chi connectivity index (χ3n) is 5.30. The van der Waals surface area contributed by atoms with Crippen LogP contribution in [0.4, 0.5) is 0 Å². The predicted octanol–water partition coefficient (Wildman–Crippen LogP) is -0.964. The van der Waals surface area contributed by atoms with Crippen LogP contribution in [-0.4, -0.2) is 195 Å². The zero-order chi connectivity index (χ0) is 34.9. The second-order valence-corrected chi connectivity index (χ2v) is 9.23. The summed E-state index contributed by atoms with van der Waals surface area (Å²) in [6, 6.07) is 0. The van der Waals surface area contributed by atoms with Crippen molar-refractivity contribution in [3.05, 3.63) is 0 Å². The first-order chi connectivity index (χ1) is 23.7. The van der Waals surface area contributed by atoms with Crippen LogP contribution in [0.5, 0.6) is 0 Å². The van der Waals surface area contributed by atoms with Crippen molar-refractivity contribution in [1.29, 1.82) is 0 Å². The van der Waals surface area contributed by atoms with Crippen molar-refractivity contribution >= 4 is 11.9 Å². The van der Waals surface area contributed by atoms with Gasteiger partial charge in [-0.05, 0) is 0 Å². The molecule has 1 amide bonds. The number of amides is 1. The molecule has 2 N–H and O–H groups in total. The molecule has 0 radical (unpaired) electrons. The molecule has 0 saturated carbocycles. The van der Waals surface area contributed by atoms with Gasteiger partial charge in [-0.2, -0.15) is 0 Å². The van der Waals surface area contributed by atoms with E-state index in [2.05, 4.69) is 16.0 Å². The molecule has 0 heterocycles. The van der Waals surface area contributed by atoms with Crippen LogP contribution < -0.4 is 5.32 Å². The Hall–Kier alpha value is -2.02. The van der Waals surface area contributed by atoms with Gasteiger partial charge in [0.05, 0.1) is 152 Å². The number of terminal acetylenes is 1. The highest BCUT2D eigenvalue weighted by atomic mass is 16.6. The van der Waals surface area contributed by atoms with Crippen LogP contribution in [0.1, 0.15) is 0 Å². The summed E-state index contributed by atoms with van der Waals surface area (Å²) in [5.41, 5.74) is 0. The predicted molar refractivity (Wildman–Crippen MR) is 170 cm³/mol. The quantitative estimate of drug-likeness (QED) is 0.0586. The topological polar surface area (TPSA) is 186 Å². The molecule has 0 fully saturated rings. The molecule has 0 bridgehead atoms. The largest absolute Gasteiger partial charge is 0.480 e. The SMILES string of the molecule is C#CCOCCOCCOCCOCCOCCOCCOCCOCCOCCOCCOCCOCCNC(=O)COCC(=O)O. The third-order valence-corrected chi connectivity index (χ3v) is 5.30. The molecule has 0 aromatic heterocycles. The summed E-state index contributed by atoms with van der Waals surface area (Å²) < 4.78 is 69.3. The van der Waals surface area contributed by atoms with Gasteiger partial charge in [-0.15, -0.1) is 6.42 Å². The maximum atomic E-state index is 11.4. The zero-order valence-corrected chi connectivity index (χ0v) is 28.2. The number of hydrogen-bond donors (Lipinski definition) is 2. The van der Waals surface area contributed by atoms with Crippen LogP contribution in [0.25, 0.3) is 0 Å². The number of carbonyl (C=O) groups excluding carboxylic acids is 1. The van der Waals surface area contributed by atoms with Crippen molar-refractivity contribution in [2.45, 2.75) is 0 Å². The van der Waals surface area contributed by atoms with E-state index in [9.17, 15) is 9.59 Å². The first-order valence-electron chi connectivity index (χ1n) is 16.1. The number of carboxylic acids is 1. The summed E-state index contributed by atoms with van der Waals surface area (Å²) >= 11 is 0. The third kappa shape index (κ3) is 42.0. The molecule has 17 heteroatoms. The molecular formula is C31H57NO16. The lowest BCUT2D eigenvalue weighted by Gasteiger charge is -2.09. The maximum absolute atomic E-state index is 11.4. The summed E-state index contributed by atoms with van der Waals surface area (Å²) in [6.07, 6.45) is 5.08. The highest BCUT2D eigenvalue weighted by molar-refractivity contribution is 5.77. The molecule has 0 saturated heterocycles. The van der Waals surface area contributed by atoms with E-state index in [1.807, 2.05) is 0 Å².